The smallest absolute Gasteiger partial charge is 0.407 e. The topological polar surface area (TPSA) is 113 Å². The first-order valence-electron chi connectivity index (χ1n) is 10.6. The normalized spacial score (nSPS) is 11.1. The number of thioether (sulfide) groups is 2. The van der Waals surface area contributed by atoms with Crippen LogP contribution in [0.2, 0.25) is 0 Å². The van der Waals surface area contributed by atoms with Gasteiger partial charge in [-0.3, -0.25) is 9.97 Å². The summed E-state index contributed by atoms with van der Waals surface area (Å²) in [5.74, 6) is 2.90. The first-order chi connectivity index (χ1) is 16.2. The first-order valence-corrected chi connectivity index (χ1v) is 15.0. The number of alkyl carbamates (subject to hydrolysis) is 1. The number of hydrogen-bond acceptors (Lipinski definition) is 9. The maximum atomic E-state index is 11.7. The summed E-state index contributed by atoms with van der Waals surface area (Å²) in [6, 6.07) is 7.95. The molecule has 0 bridgehead atoms. The van der Waals surface area contributed by atoms with Crippen molar-refractivity contribution in [2.45, 2.75) is 47.7 Å². The number of carbonyl (C=O) groups is 2. The van der Waals surface area contributed by atoms with E-state index in [0.717, 1.165) is 32.7 Å². The van der Waals surface area contributed by atoms with Gasteiger partial charge in [0.05, 0.1) is 11.4 Å². The lowest BCUT2D eigenvalue weighted by Gasteiger charge is -2.19. The lowest BCUT2D eigenvalue weighted by Crippen LogP contribution is -2.33. The number of aromatic nitrogens is 2. The Hall–Kier alpha value is -1.76. The molecule has 2 aromatic rings. The van der Waals surface area contributed by atoms with Gasteiger partial charge in [0, 0.05) is 58.3 Å². The Kier molecular flexibility index (Phi) is 12.8. The largest absolute Gasteiger partial charge is 0.465 e. The third-order valence-corrected chi connectivity index (χ3v) is 8.29. The fourth-order valence-corrected chi connectivity index (χ4v) is 6.56. The predicted octanol–water partition coefficient (Wildman–Crippen LogP) is 5.53. The molecule has 0 saturated heterocycles. The summed E-state index contributed by atoms with van der Waals surface area (Å²) in [5, 5.41) is 13.8. The lowest BCUT2D eigenvalue weighted by atomic mass is 10.2. The number of carboxylic acid groups (broad SMARTS) is 1. The Bertz CT molecular complexity index is 928. The summed E-state index contributed by atoms with van der Waals surface area (Å²) in [7, 11) is 3.29. The highest BCUT2D eigenvalue weighted by atomic mass is 33.1. The highest BCUT2D eigenvalue weighted by molar-refractivity contribution is 8.76. The fraction of sp³-hybridized carbons (Fsp3) is 0.455. The highest BCUT2D eigenvalue weighted by Crippen LogP contribution is 2.40. The van der Waals surface area contributed by atoms with E-state index in [2.05, 4.69) is 26.7 Å². The van der Waals surface area contributed by atoms with Crippen molar-refractivity contribution in [1.29, 1.82) is 0 Å². The van der Waals surface area contributed by atoms with Crippen molar-refractivity contribution < 1.29 is 19.4 Å². The van der Waals surface area contributed by atoms with Crippen LogP contribution in [0, 0.1) is 0 Å². The Balaban J connectivity index is 1.80. The van der Waals surface area contributed by atoms with Crippen molar-refractivity contribution >= 4 is 57.3 Å². The molecule has 0 radical (unpaired) electrons. The molecule has 0 atom stereocenters. The fourth-order valence-electron chi connectivity index (χ4n) is 2.41. The molecule has 0 aliphatic heterocycles. The van der Waals surface area contributed by atoms with Gasteiger partial charge in [0.25, 0.3) is 0 Å². The molecule has 8 nitrogen and oxygen atoms in total. The van der Waals surface area contributed by atoms with Gasteiger partial charge < -0.3 is 20.5 Å². The van der Waals surface area contributed by atoms with Crippen molar-refractivity contribution in [2.75, 3.05) is 24.6 Å². The zero-order valence-electron chi connectivity index (χ0n) is 19.4. The number of hydrogen-bond donors (Lipinski definition) is 3. The molecule has 34 heavy (non-hydrogen) atoms. The second-order valence-corrected chi connectivity index (χ2v) is 12.3. The quantitative estimate of drug-likeness (QED) is 0.220. The van der Waals surface area contributed by atoms with E-state index < -0.39 is 17.8 Å². The van der Waals surface area contributed by atoms with Crippen molar-refractivity contribution in [1.82, 2.24) is 20.6 Å². The number of amides is 2. The number of carbonyl (C=O) groups excluding carboxylic acids is 1. The van der Waals surface area contributed by atoms with Gasteiger partial charge in [-0.05, 0) is 45.0 Å². The van der Waals surface area contributed by atoms with Crippen molar-refractivity contribution in [2.24, 2.45) is 0 Å². The molecule has 2 heterocycles. The van der Waals surface area contributed by atoms with E-state index in [1.807, 2.05) is 39.0 Å². The molecule has 186 valence electrons. The Morgan fingerprint density at radius 3 is 1.88 bits per heavy atom. The van der Waals surface area contributed by atoms with E-state index in [1.54, 1.807) is 57.5 Å². The third-order valence-electron chi connectivity index (χ3n) is 3.83. The van der Waals surface area contributed by atoms with Gasteiger partial charge in [0.1, 0.15) is 5.60 Å². The predicted molar refractivity (Wildman–Crippen MR) is 143 cm³/mol. The maximum absolute atomic E-state index is 11.7. The second-order valence-electron chi connectivity index (χ2n) is 7.83. The van der Waals surface area contributed by atoms with Crippen LogP contribution in [0.4, 0.5) is 9.59 Å². The molecule has 0 aromatic carbocycles. The van der Waals surface area contributed by atoms with Crippen LogP contribution in [0.25, 0.3) is 0 Å². The van der Waals surface area contributed by atoms with Crippen LogP contribution < -0.4 is 10.6 Å². The third kappa shape index (κ3) is 12.1. The van der Waals surface area contributed by atoms with Crippen LogP contribution in [-0.2, 0) is 16.2 Å². The molecule has 2 aromatic heterocycles. The molecule has 0 spiro atoms. The van der Waals surface area contributed by atoms with E-state index in [9.17, 15) is 9.59 Å². The minimum Gasteiger partial charge on any atom is -0.465 e. The first kappa shape index (κ1) is 28.5. The van der Waals surface area contributed by atoms with Crippen LogP contribution in [-0.4, -0.2) is 57.5 Å². The second kappa shape index (κ2) is 15.3. The summed E-state index contributed by atoms with van der Waals surface area (Å²) in [6.45, 7) is 6.46. The number of ether oxygens (including phenoxy) is 1. The van der Waals surface area contributed by atoms with Gasteiger partial charge >= 0.3 is 12.2 Å². The molecular weight excluding hydrogens is 513 g/mol. The number of pyridine rings is 2. The molecule has 3 N–H and O–H groups in total. The molecule has 2 rings (SSSR count). The van der Waals surface area contributed by atoms with Crippen LogP contribution in [0.15, 0.2) is 46.5 Å². The molecule has 0 unspecified atom stereocenters. The van der Waals surface area contributed by atoms with E-state index >= 15 is 0 Å². The Morgan fingerprint density at radius 1 is 0.912 bits per heavy atom. The maximum Gasteiger partial charge on any atom is 0.407 e. The van der Waals surface area contributed by atoms with Crippen LogP contribution in [0.1, 0.15) is 32.2 Å². The van der Waals surface area contributed by atoms with Gasteiger partial charge in [-0.2, -0.15) is 23.5 Å². The van der Waals surface area contributed by atoms with Gasteiger partial charge in [-0.25, -0.2) is 9.59 Å². The molecule has 0 aliphatic rings. The Morgan fingerprint density at radius 2 is 1.41 bits per heavy atom. The van der Waals surface area contributed by atoms with Gasteiger partial charge in [0.2, 0.25) is 0 Å². The van der Waals surface area contributed by atoms with E-state index in [1.165, 1.54) is 0 Å². The Labute approximate surface area is 217 Å². The average molecular weight is 543 g/mol. The number of nitrogens with one attached hydrogen (secondary N) is 2. The van der Waals surface area contributed by atoms with Crippen LogP contribution >= 0.6 is 45.1 Å². The standard InChI is InChI=1S/C22H30N4O4S4/c1-22(2,3)30-21(29)26-11-13-32-15-17-19(7-5-9-24-17)34-33-18-6-4-8-23-16(18)14-31-12-10-25-20(27)28/h4-9,25H,10-15H2,1-3H3,(H,26,29)(H,27,28). The number of rotatable bonds is 13. The molecule has 0 fully saturated rings. The van der Waals surface area contributed by atoms with Gasteiger partial charge in [-0.1, -0.05) is 21.6 Å². The van der Waals surface area contributed by atoms with E-state index in [-0.39, 0.29) is 0 Å². The van der Waals surface area contributed by atoms with Crippen molar-refractivity contribution in [3.05, 3.63) is 48.0 Å². The van der Waals surface area contributed by atoms with E-state index in [0.29, 0.717) is 24.6 Å². The zero-order valence-corrected chi connectivity index (χ0v) is 22.7. The minimum absolute atomic E-state index is 0.401. The molecule has 0 aliphatic carbocycles. The molecular formula is C22H30N4O4S4. The van der Waals surface area contributed by atoms with Gasteiger partial charge in [-0.15, -0.1) is 0 Å². The summed E-state index contributed by atoms with van der Waals surface area (Å²) in [6.07, 6.45) is 2.16. The van der Waals surface area contributed by atoms with E-state index in [4.69, 9.17) is 9.84 Å². The average Bonchev–Trinajstić information content (AvgIpc) is 2.77. The van der Waals surface area contributed by atoms with Crippen molar-refractivity contribution in [3.8, 4) is 0 Å². The highest BCUT2D eigenvalue weighted by Gasteiger charge is 2.15. The van der Waals surface area contributed by atoms with Gasteiger partial charge in [0.15, 0.2) is 0 Å². The lowest BCUT2D eigenvalue weighted by molar-refractivity contribution is 0.0531. The number of nitrogens with zero attached hydrogens (tertiary/aromatic N) is 2. The monoisotopic (exact) mass is 542 g/mol. The summed E-state index contributed by atoms with van der Waals surface area (Å²) < 4.78 is 5.24. The van der Waals surface area contributed by atoms with Crippen molar-refractivity contribution in [3.63, 3.8) is 0 Å². The van der Waals surface area contributed by atoms with Crippen LogP contribution in [0.3, 0.4) is 0 Å². The molecule has 0 saturated carbocycles. The summed E-state index contributed by atoms with van der Waals surface area (Å²) in [5.41, 5.74) is 1.48. The minimum atomic E-state index is -1.00. The summed E-state index contributed by atoms with van der Waals surface area (Å²) in [4.78, 5) is 33.5. The summed E-state index contributed by atoms with van der Waals surface area (Å²) >= 11 is 3.35. The zero-order chi connectivity index (χ0) is 24.8. The van der Waals surface area contributed by atoms with Crippen LogP contribution in [0.5, 0.6) is 0 Å². The SMILES string of the molecule is CC(C)(C)OC(=O)NCCSCc1ncccc1SSc1cccnc1CSCCNC(=O)O. The molecule has 12 heteroatoms. The molecule has 2 amide bonds.